The Bertz CT molecular complexity index is 440. The van der Waals surface area contributed by atoms with Crippen LogP contribution in [0.2, 0.25) is 5.02 Å². The summed E-state index contributed by atoms with van der Waals surface area (Å²) in [5.74, 6) is 0.115. The van der Waals surface area contributed by atoms with Crippen LogP contribution in [0.1, 0.15) is 49.0 Å². The van der Waals surface area contributed by atoms with Gasteiger partial charge in [0.05, 0.1) is 16.8 Å². The maximum Gasteiger partial charge on any atom is 0.202 e. The molecule has 0 aromatic carbocycles. The van der Waals surface area contributed by atoms with Gasteiger partial charge in [-0.2, -0.15) is 5.10 Å². The summed E-state index contributed by atoms with van der Waals surface area (Å²) < 4.78 is 1.60. The maximum atomic E-state index is 13.0. The molecule has 1 aliphatic rings. The Labute approximate surface area is 119 Å². The Morgan fingerprint density at radius 2 is 1.89 bits per heavy atom. The highest BCUT2D eigenvalue weighted by atomic mass is 35.5. The summed E-state index contributed by atoms with van der Waals surface area (Å²) in [6, 6.07) is 0. The Kier molecular flexibility index (Phi) is 4.31. The van der Waals surface area contributed by atoms with Crippen molar-refractivity contribution in [2.75, 3.05) is 14.1 Å². The van der Waals surface area contributed by atoms with Gasteiger partial charge in [0, 0.05) is 7.05 Å². The predicted molar refractivity (Wildman–Crippen MR) is 76.7 cm³/mol. The zero-order valence-electron chi connectivity index (χ0n) is 11.9. The fraction of sp³-hybridized carbons (Fsp3) is 0.714. The van der Waals surface area contributed by atoms with Gasteiger partial charge in [0.1, 0.15) is 5.69 Å². The van der Waals surface area contributed by atoms with Gasteiger partial charge < -0.3 is 0 Å². The minimum absolute atomic E-state index is 0.115. The van der Waals surface area contributed by atoms with Gasteiger partial charge in [-0.1, -0.05) is 37.3 Å². The molecule has 5 heteroatoms. The highest BCUT2D eigenvalue weighted by Gasteiger charge is 2.42. The lowest BCUT2D eigenvalue weighted by Gasteiger charge is -2.38. The van der Waals surface area contributed by atoms with Crippen LogP contribution in [0, 0.1) is 0 Å². The van der Waals surface area contributed by atoms with E-state index in [2.05, 4.69) is 10.00 Å². The van der Waals surface area contributed by atoms with Crippen LogP contribution < -0.4 is 0 Å². The molecule has 1 aliphatic carbocycles. The van der Waals surface area contributed by atoms with E-state index in [1.165, 1.54) is 12.8 Å². The number of hydrogen-bond donors (Lipinski definition) is 0. The molecule has 0 atom stereocenters. The first-order valence-corrected chi connectivity index (χ1v) is 7.26. The van der Waals surface area contributed by atoms with Gasteiger partial charge in [0.25, 0.3) is 0 Å². The van der Waals surface area contributed by atoms with Crippen LogP contribution in [0.15, 0.2) is 6.20 Å². The summed E-state index contributed by atoms with van der Waals surface area (Å²) in [5.41, 5.74) is 0.116. The van der Waals surface area contributed by atoms with Crippen molar-refractivity contribution in [1.82, 2.24) is 14.7 Å². The zero-order chi connectivity index (χ0) is 14.0. The molecule has 0 spiro atoms. The van der Waals surface area contributed by atoms with Crippen LogP contribution in [-0.4, -0.2) is 40.1 Å². The van der Waals surface area contributed by atoms with E-state index < -0.39 is 5.54 Å². The van der Waals surface area contributed by atoms with Crippen molar-refractivity contribution >= 4 is 17.4 Å². The van der Waals surface area contributed by atoms with Gasteiger partial charge in [-0.15, -0.1) is 0 Å². The van der Waals surface area contributed by atoms with Crippen LogP contribution in [0.25, 0.3) is 0 Å². The van der Waals surface area contributed by atoms with Crippen molar-refractivity contribution in [3.8, 4) is 0 Å². The van der Waals surface area contributed by atoms with Crippen molar-refractivity contribution in [2.45, 2.75) is 44.1 Å². The zero-order valence-corrected chi connectivity index (χ0v) is 12.7. The smallest absolute Gasteiger partial charge is 0.202 e. The highest BCUT2D eigenvalue weighted by molar-refractivity contribution is 6.34. The quantitative estimate of drug-likeness (QED) is 0.632. The monoisotopic (exact) mass is 283 g/mol. The molecule has 1 heterocycles. The summed E-state index contributed by atoms with van der Waals surface area (Å²) in [6.07, 6.45) is 7.97. The lowest BCUT2D eigenvalue weighted by Crippen LogP contribution is -2.51. The summed E-state index contributed by atoms with van der Waals surface area (Å²) in [6.45, 7) is 0. The average molecular weight is 284 g/mol. The molecule has 1 aromatic rings. The Morgan fingerprint density at radius 1 is 1.32 bits per heavy atom. The molecule has 0 amide bonds. The maximum absolute atomic E-state index is 13.0. The second-order valence-corrected chi connectivity index (χ2v) is 6.04. The molecule has 106 valence electrons. The number of aromatic nitrogens is 2. The molecule has 0 radical (unpaired) electrons. The Balaban J connectivity index is 2.41. The third-order valence-corrected chi connectivity index (χ3v) is 4.60. The number of Topliss-reactive ketones (excluding diaryl/α,β-unsaturated/α-hetero) is 1. The molecule has 0 bridgehead atoms. The normalized spacial score (nSPS) is 19.4. The molecule has 1 saturated carbocycles. The summed E-state index contributed by atoms with van der Waals surface area (Å²) in [4.78, 5) is 15.1. The van der Waals surface area contributed by atoms with Crippen molar-refractivity contribution in [3.05, 3.63) is 16.9 Å². The van der Waals surface area contributed by atoms with Crippen LogP contribution in [0.3, 0.4) is 0 Å². The van der Waals surface area contributed by atoms with E-state index in [1.807, 2.05) is 14.1 Å². The third-order valence-electron chi connectivity index (χ3n) is 4.32. The number of hydrogen-bond acceptors (Lipinski definition) is 3. The van der Waals surface area contributed by atoms with Crippen LogP contribution >= 0.6 is 11.6 Å². The standard InChI is InChI=1S/C14H22ClN3O/c1-17(2)14(8-6-4-5-7-9-14)13(19)12-11(15)10-16-18(12)3/h10H,4-9H2,1-3H3. The first-order chi connectivity index (χ1) is 8.99. The SMILES string of the molecule is CN(C)C1(C(=O)c2c(Cl)cnn2C)CCCCCC1. The van der Waals surface area contributed by atoms with Gasteiger partial charge in [-0.05, 0) is 26.9 Å². The highest BCUT2D eigenvalue weighted by Crippen LogP contribution is 2.35. The van der Waals surface area contributed by atoms with Crippen molar-refractivity contribution in [3.63, 3.8) is 0 Å². The molecule has 0 aliphatic heterocycles. The second kappa shape index (κ2) is 5.63. The fourth-order valence-corrected chi connectivity index (χ4v) is 3.33. The number of carbonyl (C=O) groups is 1. The van der Waals surface area contributed by atoms with Crippen LogP contribution in [-0.2, 0) is 7.05 Å². The molecular formula is C14H22ClN3O. The number of likely N-dealkylation sites (N-methyl/N-ethyl adjacent to an activating group) is 1. The molecule has 0 saturated heterocycles. The van der Waals surface area contributed by atoms with Crippen LogP contribution in [0.4, 0.5) is 0 Å². The number of halogens is 1. The van der Waals surface area contributed by atoms with Gasteiger partial charge in [-0.25, -0.2) is 0 Å². The van der Waals surface area contributed by atoms with Gasteiger partial charge in [-0.3, -0.25) is 14.4 Å². The van der Waals surface area contributed by atoms with E-state index in [1.54, 1.807) is 17.9 Å². The van der Waals surface area contributed by atoms with E-state index in [4.69, 9.17) is 11.6 Å². The number of nitrogens with zero attached hydrogens (tertiary/aromatic N) is 3. The molecule has 19 heavy (non-hydrogen) atoms. The van der Waals surface area contributed by atoms with E-state index in [9.17, 15) is 4.79 Å². The summed E-state index contributed by atoms with van der Waals surface area (Å²) >= 11 is 6.14. The summed E-state index contributed by atoms with van der Waals surface area (Å²) in [7, 11) is 5.76. The topological polar surface area (TPSA) is 38.1 Å². The molecule has 1 aromatic heterocycles. The van der Waals surface area contributed by atoms with E-state index >= 15 is 0 Å². The molecule has 0 unspecified atom stereocenters. The number of ketones is 1. The fourth-order valence-electron chi connectivity index (χ4n) is 3.08. The van der Waals surface area contributed by atoms with Gasteiger partial charge in [0.15, 0.2) is 0 Å². The van der Waals surface area contributed by atoms with Crippen molar-refractivity contribution in [2.24, 2.45) is 7.05 Å². The van der Waals surface area contributed by atoms with E-state index in [0.29, 0.717) is 10.7 Å². The predicted octanol–water partition coefficient (Wildman–Crippen LogP) is 2.91. The second-order valence-electron chi connectivity index (χ2n) is 5.63. The number of rotatable bonds is 3. The lowest BCUT2D eigenvalue weighted by atomic mass is 9.83. The van der Waals surface area contributed by atoms with E-state index in [0.717, 1.165) is 25.7 Å². The third kappa shape index (κ3) is 2.56. The van der Waals surface area contributed by atoms with E-state index in [-0.39, 0.29) is 5.78 Å². The minimum atomic E-state index is -0.423. The Morgan fingerprint density at radius 3 is 2.32 bits per heavy atom. The summed E-state index contributed by atoms with van der Waals surface area (Å²) in [5, 5.41) is 4.55. The first-order valence-electron chi connectivity index (χ1n) is 6.89. The lowest BCUT2D eigenvalue weighted by molar-refractivity contribution is 0.0624. The van der Waals surface area contributed by atoms with Gasteiger partial charge >= 0.3 is 0 Å². The van der Waals surface area contributed by atoms with Crippen molar-refractivity contribution in [1.29, 1.82) is 0 Å². The molecule has 0 N–H and O–H groups in total. The molecule has 1 fully saturated rings. The van der Waals surface area contributed by atoms with Crippen molar-refractivity contribution < 1.29 is 4.79 Å². The number of carbonyl (C=O) groups excluding carboxylic acids is 1. The largest absolute Gasteiger partial charge is 0.297 e. The molecule has 4 nitrogen and oxygen atoms in total. The molecule has 2 rings (SSSR count). The first kappa shape index (κ1) is 14.5. The number of aryl methyl sites for hydroxylation is 1. The van der Waals surface area contributed by atoms with Crippen LogP contribution in [0.5, 0.6) is 0 Å². The van der Waals surface area contributed by atoms with Gasteiger partial charge in [0.2, 0.25) is 5.78 Å². The minimum Gasteiger partial charge on any atom is -0.297 e. The molecular weight excluding hydrogens is 262 g/mol. The Hall–Kier alpha value is -0.870. The average Bonchev–Trinajstić information content (AvgIpc) is 2.58.